The predicted molar refractivity (Wildman–Crippen MR) is 84.4 cm³/mol. The summed E-state index contributed by atoms with van der Waals surface area (Å²) in [5, 5.41) is 2.56. The minimum atomic E-state index is -3.19. The number of rotatable bonds is 8. The Morgan fingerprint density at radius 3 is 2.38 bits per heavy atom. The van der Waals surface area contributed by atoms with Gasteiger partial charge in [-0.1, -0.05) is 27.6 Å². The highest BCUT2D eigenvalue weighted by Crippen LogP contribution is 2.15. The second kappa shape index (κ2) is 9.03. The fourth-order valence-electron chi connectivity index (χ4n) is 1.28. The summed E-state index contributed by atoms with van der Waals surface area (Å²) in [7, 11) is 0. The third-order valence-corrected chi connectivity index (χ3v) is 2.65. The number of hydrogen-bond donors (Lipinski definition) is 2. The van der Waals surface area contributed by atoms with Gasteiger partial charge in [-0.2, -0.15) is 0 Å². The number of nitrogens with one attached hydrogen (secondary N) is 2. The summed E-state index contributed by atoms with van der Waals surface area (Å²) < 4.78 is 53.1. The van der Waals surface area contributed by atoms with Crippen LogP contribution in [0.25, 0.3) is 0 Å². The highest BCUT2D eigenvalue weighted by Gasteiger charge is 2.26. The van der Waals surface area contributed by atoms with Crippen molar-refractivity contribution in [2.45, 2.75) is 67.2 Å². The van der Waals surface area contributed by atoms with Gasteiger partial charge in [0.2, 0.25) is 5.91 Å². The van der Waals surface area contributed by atoms with Crippen LogP contribution in [0.4, 0.5) is 0 Å². The van der Waals surface area contributed by atoms with Gasteiger partial charge in [0, 0.05) is 16.1 Å². The molecular formula is C16H32N2O3. The van der Waals surface area contributed by atoms with E-state index >= 15 is 0 Å². The molecule has 0 saturated carbocycles. The summed E-state index contributed by atoms with van der Waals surface area (Å²) in [5.41, 5.74) is 1.28. The van der Waals surface area contributed by atoms with Gasteiger partial charge < -0.3 is 10.2 Å². The van der Waals surface area contributed by atoms with E-state index in [-0.39, 0.29) is 6.54 Å². The van der Waals surface area contributed by atoms with Gasteiger partial charge in [0.15, 0.2) is 0 Å². The summed E-state index contributed by atoms with van der Waals surface area (Å²) >= 11 is 0. The van der Waals surface area contributed by atoms with Crippen molar-refractivity contribution in [3.05, 3.63) is 0 Å². The van der Waals surface area contributed by atoms with Crippen molar-refractivity contribution in [2.24, 2.45) is 17.2 Å². The lowest BCUT2D eigenvalue weighted by Crippen LogP contribution is -2.47. The van der Waals surface area contributed by atoms with Crippen molar-refractivity contribution >= 4 is 11.9 Å². The highest BCUT2D eigenvalue weighted by atomic mass is 16.7. The maximum atomic E-state index is 12.5. The van der Waals surface area contributed by atoms with Gasteiger partial charge in [0.05, 0.1) is 5.41 Å². The second-order valence-electron chi connectivity index (χ2n) is 6.47. The van der Waals surface area contributed by atoms with Crippen molar-refractivity contribution in [3.63, 3.8) is 0 Å². The Balaban J connectivity index is 5.57. The lowest BCUT2D eigenvalue weighted by molar-refractivity contribution is -0.164. The van der Waals surface area contributed by atoms with Crippen LogP contribution >= 0.6 is 0 Å². The van der Waals surface area contributed by atoms with E-state index in [1.165, 1.54) is 0 Å². The average molecular weight is 307 g/mol. The molecule has 0 radical (unpaired) electrons. The van der Waals surface area contributed by atoms with Crippen LogP contribution in [0.5, 0.6) is 0 Å². The fraction of sp³-hybridized carbons (Fsp3) is 0.875. The van der Waals surface area contributed by atoms with Crippen molar-refractivity contribution in [1.29, 1.82) is 0 Å². The molecule has 0 aromatic rings. The van der Waals surface area contributed by atoms with Crippen LogP contribution in [-0.2, 0) is 14.4 Å². The lowest BCUT2D eigenvalue weighted by atomic mass is 9.98. The first kappa shape index (κ1) is 10.6. The third kappa shape index (κ3) is 9.45. The molecule has 1 amide bonds. The average Bonchev–Trinajstić information content (AvgIpc) is 2.46. The van der Waals surface area contributed by atoms with Gasteiger partial charge in [0.25, 0.3) is 0 Å². The number of amides is 1. The molecule has 5 heteroatoms. The van der Waals surface area contributed by atoms with Gasteiger partial charge in [-0.05, 0) is 45.4 Å². The minimum absolute atomic E-state index is 0.272. The Hall–Kier alpha value is -1.10. The molecule has 0 aromatic carbocycles. The van der Waals surface area contributed by atoms with Crippen molar-refractivity contribution in [2.75, 3.05) is 6.54 Å². The molecule has 0 aliphatic rings. The normalized spacial score (nSPS) is 20.0. The van der Waals surface area contributed by atoms with Crippen LogP contribution in [0.3, 0.4) is 0 Å². The molecule has 0 unspecified atom stereocenters. The maximum absolute atomic E-state index is 12.5. The third-order valence-electron chi connectivity index (χ3n) is 2.65. The first-order valence-corrected chi connectivity index (χ1v) is 7.07. The summed E-state index contributed by atoms with van der Waals surface area (Å²) in [4.78, 5) is 29.4. The van der Waals surface area contributed by atoms with E-state index < -0.39 is 49.4 Å². The van der Waals surface area contributed by atoms with Gasteiger partial charge in [-0.25, -0.2) is 4.79 Å². The molecule has 124 valence electrons. The zero-order chi connectivity index (χ0) is 22.6. The molecule has 2 N–H and O–H groups in total. The van der Waals surface area contributed by atoms with Gasteiger partial charge >= 0.3 is 5.97 Å². The number of hydrogen-bond acceptors (Lipinski definition) is 4. The zero-order valence-electron chi connectivity index (χ0n) is 20.5. The van der Waals surface area contributed by atoms with E-state index in [1.807, 2.05) is 13.8 Å². The Morgan fingerprint density at radius 1 is 1.29 bits per heavy atom. The molecule has 21 heavy (non-hydrogen) atoms. The molecule has 5 nitrogen and oxygen atoms in total. The molecule has 0 bridgehead atoms. The number of hydroxylamine groups is 1. The summed E-state index contributed by atoms with van der Waals surface area (Å²) in [6, 6.07) is -1.52. The first-order valence-electron chi connectivity index (χ1n) is 10.6. The topological polar surface area (TPSA) is 67.4 Å². The van der Waals surface area contributed by atoms with Gasteiger partial charge in [-0.15, -0.1) is 5.48 Å². The molecule has 0 rings (SSSR count). The van der Waals surface area contributed by atoms with E-state index in [2.05, 4.69) is 10.8 Å². The number of carbonyl (C=O) groups excluding carboxylic acids is 2. The fourth-order valence-corrected chi connectivity index (χ4v) is 1.28. The van der Waals surface area contributed by atoms with Gasteiger partial charge in [-0.3, -0.25) is 4.79 Å². The van der Waals surface area contributed by atoms with Gasteiger partial charge in [0.1, 0.15) is 6.04 Å². The molecule has 0 aliphatic carbocycles. The van der Waals surface area contributed by atoms with Crippen molar-refractivity contribution in [1.82, 2.24) is 10.8 Å². The zero-order valence-corrected chi connectivity index (χ0v) is 13.5. The van der Waals surface area contributed by atoms with E-state index in [0.717, 1.165) is 0 Å². The smallest absolute Gasteiger partial charge is 0.330 e. The van der Waals surface area contributed by atoms with Crippen LogP contribution in [0.1, 0.15) is 70.8 Å². The minimum Gasteiger partial charge on any atom is -0.369 e. The largest absolute Gasteiger partial charge is 0.369 e. The SMILES string of the molecule is [2H]C([2H])([2H])C([2H])(C[C@H](NOC(=O)C(C)(C)C)C(=O)NCCC(C)C)C([2H])([2H])[2H]. The molecule has 0 aliphatic heterocycles. The Kier molecular flexibility index (Phi) is 4.56. The van der Waals surface area contributed by atoms with Crippen LogP contribution in [0, 0.1) is 17.2 Å². The molecule has 0 fully saturated rings. The van der Waals surface area contributed by atoms with E-state index in [4.69, 9.17) is 14.4 Å². The van der Waals surface area contributed by atoms with Crippen LogP contribution in [0.2, 0.25) is 0 Å². The monoisotopic (exact) mass is 307 g/mol. The summed E-state index contributed by atoms with van der Waals surface area (Å²) in [6.07, 6.45) is -0.254. The summed E-state index contributed by atoms with van der Waals surface area (Å²) in [5.74, 6) is -4.09. The Morgan fingerprint density at radius 2 is 1.90 bits per heavy atom. The highest BCUT2D eigenvalue weighted by molar-refractivity contribution is 5.82. The van der Waals surface area contributed by atoms with Crippen LogP contribution < -0.4 is 10.8 Å². The van der Waals surface area contributed by atoms with E-state index in [1.54, 1.807) is 20.8 Å². The van der Waals surface area contributed by atoms with Crippen LogP contribution in [0.15, 0.2) is 0 Å². The predicted octanol–water partition coefficient (Wildman–Crippen LogP) is 2.66. The molecule has 0 heterocycles. The Bertz CT molecular complexity index is 526. The van der Waals surface area contributed by atoms with E-state index in [0.29, 0.717) is 12.3 Å². The summed E-state index contributed by atoms with van der Waals surface area (Å²) in [6.45, 7) is 2.52. The molecular weight excluding hydrogens is 268 g/mol. The van der Waals surface area contributed by atoms with E-state index in [9.17, 15) is 9.59 Å². The second-order valence-corrected chi connectivity index (χ2v) is 6.47. The Labute approximate surface area is 139 Å². The molecule has 0 spiro atoms. The first-order chi connectivity index (χ1) is 12.3. The van der Waals surface area contributed by atoms with Crippen molar-refractivity contribution < 1.29 is 24.0 Å². The molecule has 1 atom stereocenters. The molecule has 0 aromatic heterocycles. The quantitative estimate of drug-likeness (QED) is 0.677. The maximum Gasteiger partial charge on any atom is 0.330 e. The lowest BCUT2D eigenvalue weighted by Gasteiger charge is -2.22. The van der Waals surface area contributed by atoms with Crippen molar-refractivity contribution in [3.8, 4) is 0 Å². The standard InChI is InChI=1S/C16H32N2O3/c1-11(2)8-9-17-14(19)13(10-12(3)4)18-21-15(20)16(5,6)7/h11-13,18H,8-10H2,1-7H3,(H,17,19)/t13-/m0/s1/i3D3,4D3,12D. The molecule has 0 saturated heterocycles. The van der Waals surface area contributed by atoms with Crippen LogP contribution in [-0.4, -0.2) is 24.5 Å². The number of carbonyl (C=O) groups is 2.